The van der Waals surface area contributed by atoms with Gasteiger partial charge in [-0.2, -0.15) is 13.2 Å². The molecule has 0 radical (unpaired) electrons. The maximum absolute atomic E-state index is 12.6. The van der Waals surface area contributed by atoms with Crippen LogP contribution >= 0.6 is 15.9 Å². The monoisotopic (exact) mass is 351 g/mol. The molecule has 2 unspecified atom stereocenters. The molecule has 0 amide bonds. The molecule has 2 atom stereocenters. The molecule has 1 aromatic carbocycles. The van der Waals surface area contributed by atoms with Gasteiger partial charge >= 0.3 is 6.18 Å². The number of aliphatic hydroxyl groups is 1. The van der Waals surface area contributed by atoms with Gasteiger partial charge in [-0.3, -0.25) is 0 Å². The fourth-order valence-electron chi connectivity index (χ4n) is 2.46. The Hall–Kier alpha value is -0.750. The van der Waals surface area contributed by atoms with Crippen LogP contribution in [0.15, 0.2) is 22.7 Å². The van der Waals surface area contributed by atoms with Crippen molar-refractivity contribution in [3.63, 3.8) is 0 Å². The smallest absolute Gasteiger partial charge is 0.391 e. The zero-order chi connectivity index (χ0) is 14.8. The summed E-state index contributed by atoms with van der Waals surface area (Å²) in [5.74, 6) is 0. The number of hydrogen-bond acceptors (Lipinski definition) is 2. The summed E-state index contributed by atoms with van der Waals surface area (Å²) in [5.41, 5.74) is -0.0970. The lowest BCUT2D eigenvalue weighted by Crippen LogP contribution is -2.32. The standard InChI is InChI=1S/C14H17BrF3NO/c15-10-8-9(14(16,17)18)6-7-11(10)19-12-4-2-1-3-5-13(12)20/h6-8,12-13,19-20H,1-5H2. The molecule has 1 aromatic rings. The molecule has 0 aromatic heterocycles. The van der Waals surface area contributed by atoms with Crippen molar-refractivity contribution in [1.29, 1.82) is 0 Å². The predicted molar refractivity (Wildman–Crippen MR) is 75.6 cm³/mol. The van der Waals surface area contributed by atoms with Gasteiger partial charge in [0.1, 0.15) is 0 Å². The summed E-state index contributed by atoms with van der Waals surface area (Å²) < 4.78 is 38.1. The molecule has 1 aliphatic rings. The van der Waals surface area contributed by atoms with Gasteiger partial charge in [0.25, 0.3) is 0 Å². The number of aliphatic hydroxyl groups excluding tert-OH is 1. The Kier molecular flexibility index (Phi) is 4.96. The third-order valence-corrected chi connectivity index (χ3v) is 4.27. The van der Waals surface area contributed by atoms with E-state index in [4.69, 9.17) is 0 Å². The van der Waals surface area contributed by atoms with Crippen LogP contribution in [0.25, 0.3) is 0 Å². The zero-order valence-electron chi connectivity index (χ0n) is 10.9. The van der Waals surface area contributed by atoms with Gasteiger partial charge in [0, 0.05) is 10.2 Å². The molecule has 2 nitrogen and oxygen atoms in total. The minimum absolute atomic E-state index is 0.106. The number of halogens is 4. The van der Waals surface area contributed by atoms with E-state index in [1.807, 2.05) is 0 Å². The van der Waals surface area contributed by atoms with Crippen LogP contribution in [0.1, 0.15) is 37.7 Å². The minimum Gasteiger partial charge on any atom is -0.391 e. The van der Waals surface area contributed by atoms with Crippen LogP contribution in [-0.4, -0.2) is 17.3 Å². The third-order valence-electron chi connectivity index (χ3n) is 3.62. The molecule has 1 aliphatic carbocycles. The Morgan fingerprint density at radius 2 is 1.85 bits per heavy atom. The molecule has 0 saturated heterocycles. The molecule has 112 valence electrons. The topological polar surface area (TPSA) is 32.3 Å². The lowest BCUT2D eigenvalue weighted by atomic mass is 10.1. The van der Waals surface area contributed by atoms with E-state index in [0.717, 1.165) is 44.2 Å². The number of anilines is 1. The van der Waals surface area contributed by atoms with Gasteiger partial charge in [-0.05, 0) is 47.0 Å². The highest BCUT2D eigenvalue weighted by atomic mass is 79.9. The summed E-state index contributed by atoms with van der Waals surface area (Å²) in [4.78, 5) is 0. The van der Waals surface area contributed by atoms with Crippen LogP contribution in [0.2, 0.25) is 0 Å². The maximum Gasteiger partial charge on any atom is 0.416 e. The molecular weight excluding hydrogens is 335 g/mol. The van der Waals surface area contributed by atoms with Crippen LogP contribution in [0.3, 0.4) is 0 Å². The summed E-state index contributed by atoms with van der Waals surface area (Å²) >= 11 is 3.16. The Morgan fingerprint density at radius 1 is 1.15 bits per heavy atom. The fourth-order valence-corrected chi connectivity index (χ4v) is 2.96. The van der Waals surface area contributed by atoms with E-state index in [9.17, 15) is 18.3 Å². The maximum atomic E-state index is 12.6. The molecule has 0 bridgehead atoms. The molecular formula is C14H17BrF3NO. The van der Waals surface area contributed by atoms with Crippen LogP contribution in [0.4, 0.5) is 18.9 Å². The first-order valence-electron chi connectivity index (χ1n) is 6.69. The van der Waals surface area contributed by atoms with E-state index in [1.54, 1.807) is 0 Å². The van der Waals surface area contributed by atoms with Gasteiger partial charge in [0.15, 0.2) is 0 Å². The molecule has 6 heteroatoms. The van der Waals surface area contributed by atoms with Gasteiger partial charge in [-0.1, -0.05) is 19.3 Å². The molecule has 1 fully saturated rings. The van der Waals surface area contributed by atoms with E-state index in [0.29, 0.717) is 10.2 Å². The van der Waals surface area contributed by atoms with Crippen molar-refractivity contribution in [2.75, 3.05) is 5.32 Å². The Balaban J connectivity index is 2.13. The average molecular weight is 352 g/mol. The highest BCUT2D eigenvalue weighted by Gasteiger charge is 2.31. The van der Waals surface area contributed by atoms with Crippen molar-refractivity contribution in [3.05, 3.63) is 28.2 Å². The molecule has 0 spiro atoms. The van der Waals surface area contributed by atoms with Gasteiger partial charge < -0.3 is 10.4 Å². The first-order chi connectivity index (χ1) is 9.38. The number of alkyl halides is 3. The number of hydrogen-bond donors (Lipinski definition) is 2. The zero-order valence-corrected chi connectivity index (χ0v) is 12.5. The number of benzene rings is 1. The van der Waals surface area contributed by atoms with Gasteiger partial charge in [-0.25, -0.2) is 0 Å². The summed E-state index contributed by atoms with van der Waals surface area (Å²) in [6.45, 7) is 0. The normalized spacial score (nSPS) is 24.2. The third kappa shape index (κ3) is 3.88. The summed E-state index contributed by atoms with van der Waals surface area (Å²) in [7, 11) is 0. The lowest BCUT2D eigenvalue weighted by molar-refractivity contribution is -0.137. The quantitative estimate of drug-likeness (QED) is 0.764. The number of rotatable bonds is 2. The Labute approximate surface area is 124 Å². The molecule has 1 saturated carbocycles. The average Bonchev–Trinajstić information content (AvgIpc) is 2.56. The highest BCUT2D eigenvalue weighted by molar-refractivity contribution is 9.10. The first-order valence-corrected chi connectivity index (χ1v) is 7.48. The van der Waals surface area contributed by atoms with E-state index >= 15 is 0 Å². The van der Waals surface area contributed by atoms with E-state index in [2.05, 4.69) is 21.2 Å². The molecule has 2 N–H and O–H groups in total. The second kappa shape index (κ2) is 6.35. The van der Waals surface area contributed by atoms with Crippen LogP contribution < -0.4 is 5.32 Å². The van der Waals surface area contributed by atoms with E-state index in [-0.39, 0.29) is 6.04 Å². The molecule has 0 aliphatic heterocycles. The SMILES string of the molecule is OC1CCCCCC1Nc1ccc(C(F)(F)F)cc1Br. The molecule has 0 heterocycles. The van der Waals surface area contributed by atoms with Crippen molar-refractivity contribution in [3.8, 4) is 0 Å². The molecule has 20 heavy (non-hydrogen) atoms. The Morgan fingerprint density at radius 3 is 2.50 bits per heavy atom. The Bertz CT molecular complexity index is 464. The van der Waals surface area contributed by atoms with Crippen molar-refractivity contribution < 1.29 is 18.3 Å². The van der Waals surface area contributed by atoms with Crippen molar-refractivity contribution >= 4 is 21.6 Å². The largest absolute Gasteiger partial charge is 0.416 e. The van der Waals surface area contributed by atoms with Crippen molar-refractivity contribution in [2.24, 2.45) is 0 Å². The lowest BCUT2D eigenvalue weighted by Gasteiger charge is -2.24. The second-order valence-corrected chi connectivity index (χ2v) is 6.00. The van der Waals surface area contributed by atoms with Crippen LogP contribution in [0.5, 0.6) is 0 Å². The van der Waals surface area contributed by atoms with Crippen LogP contribution in [0, 0.1) is 0 Å². The summed E-state index contributed by atoms with van der Waals surface area (Å²) in [6, 6.07) is 3.41. The minimum atomic E-state index is -4.34. The van der Waals surface area contributed by atoms with Gasteiger partial charge in [0.05, 0.1) is 17.7 Å². The van der Waals surface area contributed by atoms with Crippen LogP contribution in [-0.2, 0) is 6.18 Å². The van der Waals surface area contributed by atoms with Crippen molar-refractivity contribution in [2.45, 2.75) is 50.4 Å². The van der Waals surface area contributed by atoms with Gasteiger partial charge in [-0.15, -0.1) is 0 Å². The molecule has 2 rings (SSSR count). The van der Waals surface area contributed by atoms with E-state index < -0.39 is 17.8 Å². The highest BCUT2D eigenvalue weighted by Crippen LogP contribution is 2.34. The predicted octanol–water partition coefficient (Wildman–Crippen LogP) is 4.57. The van der Waals surface area contributed by atoms with Gasteiger partial charge in [0.2, 0.25) is 0 Å². The summed E-state index contributed by atoms with van der Waals surface area (Å²) in [6.07, 6.45) is -0.135. The van der Waals surface area contributed by atoms with E-state index in [1.165, 1.54) is 6.07 Å². The second-order valence-electron chi connectivity index (χ2n) is 5.15. The summed E-state index contributed by atoms with van der Waals surface area (Å²) in [5, 5.41) is 13.2. The fraction of sp³-hybridized carbons (Fsp3) is 0.571. The number of nitrogens with one attached hydrogen (secondary N) is 1. The first kappa shape index (κ1) is 15.6. The van der Waals surface area contributed by atoms with Crippen molar-refractivity contribution in [1.82, 2.24) is 0 Å².